The van der Waals surface area contributed by atoms with E-state index in [9.17, 15) is 9.59 Å². The number of carbonyl (C=O) groups excluding carboxylic acids is 2. The molecule has 1 atom stereocenters. The van der Waals surface area contributed by atoms with Crippen molar-refractivity contribution in [2.75, 3.05) is 13.2 Å². The van der Waals surface area contributed by atoms with Gasteiger partial charge in [0.1, 0.15) is 0 Å². The molecular formula is C18H27NO3. The third-order valence-electron chi connectivity index (χ3n) is 3.51. The maximum Gasteiger partial charge on any atom is 0.307 e. The van der Waals surface area contributed by atoms with E-state index in [1.165, 1.54) is 0 Å². The summed E-state index contributed by atoms with van der Waals surface area (Å²) in [6.07, 6.45) is 0.717. The Morgan fingerprint density at radius 1 is 1.14 bits per heavy atom. The number of esters is 1. The third kappa shape index (κ3) is 5.88. The van der Waals surface area contributed by atoms with Crippen LogP contribution >= 0.6 is 0 Å². The van der Waals surface area contributed by atoms with Crippen LogP contribution in [-0.4, -0.2) is 29.9 Å². The number of hydrogen-bond donors (Lipinski definition) is 0. The molecule has 0 saturated carbocycles. The second-order valence-corrected chi connectivity index (χ2v) is 5.83. The topological polar surface area (TPSA) is 46.6 Å². The molecule has 1 aromatic carbocycles. The van der Waals surface area contributed by atoms with E-state index in [2.05, 4.69) is 0 Å². The van der Waals surface area contributed by atoms with Gasteiger partial charge in [0.2, 0.25) is 5.91 Å². The Morgan fingerprint density at radius 2 is 1.77 bits per heavy atom. The summed E-state index contributed by atoms with van der Waals surface area (Å²) in [5, 5.41) is 0. The fourth-order valence-electron chi connectivity index (χ4n) is 2.36. The van der Waals surface area contributed by atoms with Crippen LogP contribution in [0, 0.1) is 5.92 Å². The van der Waals surface area contributed by atoms with Gasteiger partial charge in [-0.2, -0.15) is 0 Å². The van der Waals surface area contributed by atoms with Crippen LogP contribution in [0.25, 0.3) is 0 Å². The van der Waals surface area contributed by atoms with Gasteiger partial charge in [-0.25, -0.2) is 0 Å². The molecule has 22 heavy (non-hydrogen) atoms. The predicted octanol–water partition coefficient (Wildman–Crippen LogP) is 3.58. The average Bonchev–Trinajstić information content (AvgIpc) is 2.47. The fourth-order valence-corrected chi connectivity index (χ4v) is 2.36. The number of carbonyl (C=O) groups is 2. The smallest absolute Gasteiger partial charge is 0.307 e. The van der Waals surface area contributed by atoms with Crippen LogP contribution in [0.1, 0.15) is 52.1 Å². The molecule has 1 rings (SSSR count). The number of ether oxygens (including phenoxy) is 1. The van der Waals surface area contributed by atoms with Gasteiger partial charge < -0.3 is 9.64 Å². The molecule has 122 valence electrons. The molecule has 0 heterocycles. The van der Waals surface area contributed by atoms with Gasteiger partial charge in [-0.3, -0.25) is 9.59 Å². The second kappa shape index (κ2) is 9.23. The molecule has 0 fully saturated rings. The van der Waals surface area contributed by atoms with Gasteiger partial charge >= 0.3 is 5.97 Å². The summed E-state index contributed by atoms with van der Waals surface area (Å²) in [6.45, 7) is 8.58. The van der Waals surface area contributed by atoms with Crippen molar-refractivity contribution in [2.45, 2.75) is 46.6 Å². The van der Waals surface area contributed by atoms with Crippen molar-refractivity contribution in [3.8, 4) is 0 Å². The Morgan fingerprint density at radius 3 is 2.32 bits per heavy atom. The lowest BCUT2D eigenvalue weighted by Gasteiger charge is -2.30. The molecule has 0 aliphatic rings. The monoisotopic (exact) mass is 305 g/mol. The highest BCUT2D eigenvalue weighted by Crippen LogP contribution is 2.22. The Kier molecular flexibility index (Phi) is 7.64. The zero-order chi connectivity index (χ0) is 16.5. The summed E-state index contributed by atoms with van der Waals surface area (Å²) in [4.78, 5) is 25.9. The molecule has 0 aliphatic heterocycles. The zero-order valence-electron chi connectivity index (χ0n) is 14.0. The van der Waals surface area contributed by atoms with Crippen molar-refractivity contribution in [3.63, 3.8) is 0 Å². The van der Waals surface area contributed by atoms with Crippen LogP contribution in [0.15, 0.2) is 30.3 Å². The molecule has 0 spiro atoms. The highest BCUT2D eigenvalue weighted by Gasteiger charge is 2.22. The van der Waals surface area contributed by atoms with Crippen LogP contribution in [0.2, 0.25) is 0 Å². The quantitative estimate of drug-likeness (QED) is 0.690. The minimum atomic E-state index is -0.259. The van der Waals surface area contributed by atoms with Crippen LogP contribution in [0.3, 0.4) is 0 Å². The Bertz CT molecular complexity index is 470. The van der Waals surface area contributed by atoms with Gasteiger partial charge in [-0.15, -0.1) is 0 Å². The van der Waals surface area contributed by atoms with E-state index in [4.69, 9.17) is 4.74 Å². The molecule has 4 heteroatoms. The molecular weight excluding hydrogens is 278 g/mol. The van der Waals surface area contributed by atoms with E-state index in [1.54, 1.807) is 11.8 Å². The zero-order valence-corrected chi connectivity index (χ0v) is 14.0. The van der Waals surface area contributed by atoms with Crippen molar-refractivity contribution in [2.24, 2.45) is 5.92 Å². The van der Waals surface area contributed by atoms with Gasteiger partial charge in [-0.05, 0) is 25.3 Å². The van der Waals surface area contributed by atoms with Crippen molar-refractivity contribution < 1.29 is 14.3 Å². The van der Waals surface area contributed by atoms with E-state index in [1.807, 2.05) is 51.1 Å². The number of rotatable bonds is 8. The molecule has 1 aromatic rings. The maximum absolute atomic E-state index is 12.5. The first-order valence-corrected chi connectivity index (χ1v) is 7.95. The molecule has 0 radical (unpaired) electrons. The largest absolute Gasteiger partial charge is 0.466 e. The van der Waals surface area contributed by atoms with Gasteiger partial charge in [0.05, 0.1) is 19.1 Å². The minimum absolute atomic E-state index is 0.0538. The first kappa shape index (κ1) is 18.2. The summed E-state index contributed by atoms with van der Waals surface area (Å²) in [7, 11) is 0. The minimum Gasteiger partial charge on any atom is -0.466 e. The van der Waals surface area contributed by atoms with E-state index in [-0.39, 0.29) is 24.3 Å². The maximum atomic E-state index is 12.5. The summed E-state index contributed by atoms with van der Waals surface area (Å²) >= 11 is 0. The molecule has 0 aliphatic carbocycles. The van der Waals surface area contributed by atoms with Crippen LogP contribution in [-0.2, 0) is 14.3 Å². The molecule has 0 aromatic heterocycles. The molecule has 0 bridgehead atoms. The lowest BCUT2D eigenvalue weighted by molar-refractivity contribution is -0.144. The third-order valence-corrected chi connectivity index (χ3v) is 3.51. The first-order valence-electron chi connectivity index (χ1n) is 7.95. The standard InChI is InChI=1S/C18H27NO3/c1-5-22-18(21)11-12-19(17(20)13-14(2)3)15(4)16-9-7-6-8-10-16/h6-10,14-15H,5,11-13H2,1-4H3. The van der Waals surface area contributed by atoms with Gasteiger partial charge in [-0.1, -0.05) is 44.2 Å². The van der Waals surface area contributed by atoms with Gasteiger partial charge in [0.25, 0.3) is 0 Å². The van der Waals surface area contributed by atoms with Gasteiger partial charge in [0.15, 0.2) is 0 Å². The molecule has 1 unspecified atom stereocenters. The molecule has 1 amide bonds. The van der Waals surface area contributed by atoms with E-state index in [0.29, 0.717) is 25.5 Å². The second-order valence-electron chi connectivity index (χ2n) is 5.83. The van der Waals surface area contributed by atoms with Gasteiger partial charge in [0, 0.05) is 13.0 Å². The lowest BCUT2D eigenvalue weighted by Crippen LogP contribution is -2.36. The number of hydrogen-bond acceptors (Lipinski definition) is 3. The fraction of sp³-hybridized carbons (Fsp3) is 0.556. The highest BCUT2D eigenvalue weighted by molar-refractivity contribution is 5.78. The lowest BCUT2D eigenvalue weighted by atomic mass is 10.0. The normalized spacial score (nSPS) is 12.0. The predicted molar refractivity (Wildman–Crippen MR) is 87.3 cm³/mol. The van der Waals surface area contributed by atoms with E-state index < -0.39 is 0 Å². The molecule has 4 nitrogen and oxygen atoms in total. The van der Waals surface area contributed by atoms with Crippen LogP contribution in [0.5, 0.6) is 0 Å². The molecule has 0 saturated heterocycles. The summed E-state index contributed by atoms with van der Waals surface area (Å²) < 4.78 is 4.96. The SMILES string of the molecule is CCOC(=O)CCN(C(=O)CC(C)C)C(C)c1ccccc1. The van der Waals surface area contributed by atoms with Crippen molar-refractivity contribution in [3.05, 3.63) is 35.9 Å². The molecule has 0 N–H and O–H groups in total. The van der Waals surface area contributed by atoms with E-state index in [0.717, 1.165) is 5.56 Å². The summed E-state index contributed by atoms with van der Waals surface area (Å²) in [5.74, 6) is 0.112. The van der Waals surface area contributed by atoms with Crippen molar-refractivity contribution in [1.82, 2.24) is 4.90 Å². The van der Waals surface area contributed by atoms with Crippen LogP contribution < -0.4 is 0 Å². The first-order chi connectivity index (χ1) is 10.5. The highest BCUT2D eigenvalue weighted by atomic mass is 16.5. The number of amides is 1. The number of nitrogens with zero attached hydrogens (tertiary/aromatic N) is 1. The van der Waals surface area contributed by atoms with Crippen molar-refractivity contribution >= 4 is 11.9 Å². The Labute approximate surface area is 133 Å². The van der Waals surface area contributed by atoms with E-state index >= 15 is 0 Å². The average molecular weight is 305 g/mol. The summed E-state index contributed by atoms with van der Waals surface area (Å²) in [6, 6.07) is 9.83. The van der Waals surface area contributed by atoms with Crippen molar-refractivity contribution in [1.29, 1.82) is 0 Å². The van der Waals surface area contributed by atoms with Crippen LogP contribution in [0.4, 0.5) is 0 Å². The number of benzene rings is 1. The Hall–Kier alpha value is -1.84. The Balaban J connectivity index is 2.81. The summed E-state index contributed by atoms with van der Waals surface area (Å²) in [5.41, 5.74) is 1.07.